The Labute approximate surface area is 143 Å². The summed E-state index contributed by atoms with van der Waals surface area (Å²) >= 11 is 4.87. The van der Waals surface area contributed by atoms with E-state index < -0.39 is 0 Å². The van der Waals surface area contributed by atoms with E-state index in [1.54, 1.807) is 11.9 Å². The topological polar surface area (TPSA) is 37.4 Å². The molecule has 0 atom stereocenters. The van der Waals surface area contributed by atoms with Gasteiger partial charge in [-0.25, -0.2) is 0 Å². The molecule has 0 saturated carbocycles. The average Bonchev–Trinajstić information content (AvgIpc) is 2.93. The van der Waals surface area contributed by atoms with Crippen LogP contribution in [0.3, 0.4) is 0 Å². The van der Waals surface area contributed by atoms with Crippen molar-refractivity contribution >= 4 is 39.0 Å². The number of thiophene rings is 1. The van der Waals surface area contributed by atoms with Crippen molar-refractivity contribution < 1.29 is 9.59 Å². The number of amides is 1. The van der Waals surface area contributed by atoms with Gasteiger partial charge in [-0.15, -0.1) is 11.3 Å². The lowest BCUT2D eigenvalue weighted by molar-refractivity contribution is -0.130. The van der Waals surface area contributed by atoms with E-state index >= 15 is 0 Å². The third kappa shape index (κ3) is 4.78. The summed E-state index contributed by atoms with van der Waals surface area (Å²) in [7, 11) is 1.77. The molecule has 2 rings (SSSR count). The Bertz CT molecular complexity index is 664. The van der Waals surface area contributed by atoms with Crippen LogP contribution < -0.4 is 0 Å². The molecular weight excluding hydrogens is 362 g/mol. The summed E-state index contributed by atoms with van der Waals surface area (Å²) < 4.78 is 1.02. The molecule has 5 heteroatoms. The highest BCUT2D eigenvalue weighted by atomic mass is 79.9. The van der Waals surface area contributed by atoms with E-state index in [2.05, 4.69) is 15.9 Å². The number of rotatable bonds is 6. The predicted octanol–water partition coefficient (Wildman–Crippen LogP) is 4.44. The summed E-state index contributed by atoms with van der Waals surface area (Å²) in [4.78, 5) is 27.7. The summed E-state index contributed by atoms with van der Waals surface area (Å²) in [6.45, 7) is 2.52. The zero-order chi connectivity index (χ0) is 16.1. The molecule has 22 heavy (non-hydrogen) atoms. The minimum atomic E-state index is -0.00968. The van der Waals surface area contributed by atoms with Gasteiger partial charge in [0.25, 0.3) is 0 Å². The monoisotopic (exact) mass is 379 g/mol. The second-order valence-corrected chi connectivity index (χ2v) is 7.41. The molecule has 0 N–H and O–H groups in total. The van der Waals surface area contributed by atoms with Crippen LogP contribution in [0.15, 0.2) is 40.9 Å². The highest BCUT2D eigenvalue weighted by molar-refractivity contribution is 9.10. The van der Waals surface area contributed by atoms with Crippen LogP contribution in [0.5, 0.6) is 0 Å². The van der Waals surface area contributed by atoms with Crippen molar-refractivity contribution in [2.24, 2.45) is 0 Å². The van der Waals surface area contributed by atoms with Gasteiger partial charge in [-0.05, 0) is 36.8 Å². The normalized spacial score (nSPS) is 10.5. The van der Waals surface area contributed by atoms with Crippen molar-refractivity contribution in [3.05, 3.63) is 56.2 Å². The van der Waals surface area contributed by atoms with Gasteiger partial charge in [0.05, 0.1) is 4.88 Å². The highest BCUT2D eigenvalue weighted by Crippen LogP contribution is 2.18. The second-order valence-electron chi connectivity index (χ2n) is 5.21. The van der Waals surface area contributed by atoms with Crippen molar-refractivity contribution in [2.45, 2.75) is 26.3 Å². The lowest BCUT2D eigenvalue weighted by Crippen LogP contribution is -2.26. The first kappa shape index (κ1) is 16.9. The van der Waals surface area contributed by atoms with Gasteiger partial charge in [-0.1, -0.05) is 28.1 Å². The molecule has 1 aromatic heterocycles. The molecule has 3 nitrogen and oxygen atoms in total. The number of hydrogen-bond acceptors (Lipinski definition) is 3. The fraction of sp³-hybridized carbons (Fsp3) is 0.294. The number of nitrogens with zero attached hydrogens (tertiary/aromatic N) is 1. The third-order valence-corrected chi connectivity index (χ3v) is 4.91. The molecule has 0 aliphatic carbocycles. The number of aryl methyl sites for hydroxylation is 1. The fourth-order valence-corrected chi connectivity index (χ4v) is 3.17. The molecule has 2 aromatic rings. The number of halogens is 1. The molecule has 0 bridgehead atoms. The van der Waals surface area contributed by atoms with Crippen LogP contribution in [0.1, 0.15) is 33.0 Å². The number of ketones is 1. The molecular formula is C17H18BrNO2S. The van der Waals surface area contributed by atoms with Crippen molar-refractivity contribution in [3.63, 3.8) is 0 Å². The Kier molecular flexibility index (Phi) is 5.91. The SMILES string of the molecule is Cc1ccc(C(=O)CCC(=O)N(C)Cc2ccc(Br)cc2)s1. The van der Waals surface area contributed by atoms with Crippen molar-refractivity contribution in [3.8, 4) is 0 Å². The van der Waals surface area contributed by atoms with E-state index in [1.807, 2.05) is 43.3 Å². The van der Waals surface area contributed by atoms with E-state index in [4.69, 9.17) is 0 Å². The molecule has 1 amide bonds. The van der Waals surface area contributed by atoms with Crippen LogP contribution >= 0.6 is 27.3 Å². The van der Waals surface area contributed by atoms with Crippen molar-refractivity contribution in [1.29, 1.82) is 0 Å². The summed E-state index contributed by atoms with van der Waals surface area (Å²) in [5.41, 5.74) is 1.07. The van der Waals surface area contributed by atoms with E-state index in [0.717, 1.165) is 19.8 Å². The van der Waals surface area contributed by atoms with Gasteiger partial charge >= 0.3 is 0 Å². The molecule has 0 fully saturated rings. The Balaban J connectivity index is 1.83. The van der Waals surface area contributed by atoms with Crippen LogP contribution in [0, 0.1) is 6.92 Å². The van der Waals surface area contributed by atoms with E-state index in [9.17, 15) is 9.59 Å². The first-order valence-corrected chi connectivity index (χ1v) is 8.64. The first-order valence-electron chi connectivity index (χ1n) is 7.04. The Morgan fingerprint density at radius 1 is 1.09 bits per heavy atom. The Morgan fingerprint density at radius 3 is 2.36 bits per heavy atom. The van der Waals surface area contributed by atoms with Gasteiger partial charge in [0.15, 0.2) is 5.78 Å². The van der Waals surface area contributed by atoms with Crippen molar-refractivity contribution in [1.82, 2.24) is 4.90 Å². The maximum Gasteiger partial charge on any atom is 0.223 e. The summed E-state index contributed by atoms with van der Waals surface area (Å²) in [5.74, 6) is 0.0352. The molecule has 0 unspecified atom stereocenters. The molecule has 0 aliphatic heterocycles. The molecule has 0 saturated heterocycles. The maximum atomic E-state index is 12.1. The smallest absolute Gasteiger partial charge is 0.223 e. The van der Waals surface area contributed by atoms with E-state index in [-0.39, 0.29) is 24.5 Å². The van der Waals surface area contributed by atoms with Crippen LogP contribution in [0.2, 0.25) is 0 Å². The summed E-state index contributed by atoms with van der Waals surface area (Å²) in [6.07, 6.45) is 0.520. The minimum absolute atomic E-state index is 0.00968. The Hall–Kier alpha value is -1.46. The van der Waals surface area contributed by atoms with Gasteiger partial charge in [-0.3, -0.25) is 9.59 Å². The maximum absolute atomic E-state index is 12.1. The number of benzene rings is 1. The van der Waals surface area contributed by atoms with E-state index in [1.165, 1.54) is 11.3 Å². The summed E-state index contributed by atoms with van der Waals surface area (Å²) in [5, 5.41) is 0. The zero-order valence-electron chi connectivity index (χ0n) is 12.6. The standard InChI is InChI=1S/C17H18BrNO2S/c1-12-3-9-16(22-12)15(20)8-10-17(21)19(2)11-13-4-6-14(18)7-5-13/h3-7,9H,8,10-11H2,1-2H3. The van der Waals surface area contributed by atoms with Crippen LogP contribution in [0.25, 0.3) is 0 Å². The van der Waals surface area contributed by atoms with Crippen LogP contribution in [0.4, 0.5) is 0 Å². The highest BCUT2D eigenvalue weighted by Gasteiger charge is 2.14. The molecule has 0 radical (unpaired) electrons. The number of carbonyl (C=O) groups is 2. The Morgan fingerprint density at radius 2 is 1.77 bits per heavy atom. The summed E-state index contributed by atoms with van der Waals surface area (Å²) in [6, 6.07) is 11.6. The quantitative estimate of drug-likeness (QED) is 0.695. The lowest BCUT2D eigenvalue weighted by atomic mass is 10.1. The average molecular weight is 380 g/mol. The predicted molar refractivity (Wildman–Crippen MR) is 93.2 cm³/mol. The molecule has 1 aromatic carbocycles. The number of carbonyl (C=O) groups excluding carboxylic acids is 2. The van der Waals surface area contributed by atoms with Crippen LogP contribution in [-0.2, 0) is 11.3 Å². The largest absolute Gasteiger partial charge is 0.341 e. The zero-order valence-corrected chi connectivity index (χ0v) is 15.0. The minimum Gasteiger partial charge on any atom is -0.341 e. The number of Topliss-reactive ketones (excluding diaryl/α,β-unsaturated/α-hetero) is 1. The second kappa shape index (κ2) is 7.70. The lowest BCUT2D eigenvalue weighted by Gasteiger charge is -2.17. The molecule has 0 aliphatic rings. The third-order valence-electron chi connectivity index (χ3n) is 3.34. The van der Waals surface area contributed by atoms with Gasteiger partial charge in [-0.2, -0.15) is 0 Å². The van der Waals surface area contributed by atoms with Crippen molar-refractivity contribution in [2.75, 3.05) is 7.05 Å². The fourth-order valence-electron chi connectivity index (χ4n) is 2.07. The van der Waals surface area contributed by atoms with Gasteiger partial charge < -0.3 is 4.90 Å². The van der Waals surface area contributed by atoms with Gasteiger partial charge in [0, 0.05) is 35.8 Å². The first-order chi connectivity index (χ1) is 10.5. The molecule has 1 heterocycles. The molecule has 116 valence electrons. The van der Waals surface area contributed by atoms with Gasteiger partial charge in [0.2, 0.25) is 5.91 Å². The number of hydrogen-bond donors (Lipinski definition) is 0. The van der Waals surface area contributed by atoms with E-state index in [0.29, 0.717) is 6.54 Å². The molecule has 0 spiro atoms. The van der Waals surface area contributed by atoms with Crippen LogP contribution in [-0.4, -0.2) is 23.6 Å². The van der Waals surface area contributed by atoms with Gasteiger partial charge in [0.1, 0.15) is 0 Å².